The van der Waals surface area contributed by atoms with Gasteiger partial charge in [0.05, 0.1) is 19.9 Å². The van der Waals surface area contributed by atoms with Gasteiger partial charge in [-0.25, -0.2) is 9.37 Å². The quantitative estimate of drug-likeness (QED) is 0.575. The van der Waals surface area contributed by atoms with Gasteiger partial charge >= 0.3 is 0 Å². The van der Waals surface area contributed by atoms with E-state index in [1.165, 1.54) is 37.6 Å². The van der Waals surface area contributed by atoms with Gasteiger partial charge in [-0.1, -0.05) is 0 Å². The molecule has 8 nitrogen and oxygen atoms in total. The van der Waals surface area contributed by atoms with Crippen LogP contribution in [0.2, 0.25) is 0 Å². The largest absolute Gasteiger partial charge is 0.616 e. The van der Waals surface area contributed by atoms with Crippen LogP contribution < -0.4 is 15.4 Å². The Morgan fingerprint density at radius 3 is 2.83 bits per heavy atom. The van der Waals surface area contributed by atoms with Gasteiger partial charge in [0, 0.05) is 24.8 Å². The number of ether oxygens (including phenoxy) is 2. The van der Waals surface area contributed by atoms with E-state index in [4.69, 9.17) is 14.9 Å². The van der Waals surface area contributed by atoms with Crippen LogP contribution in [-0.2, 0) is 15.9 Å². The van der Waals surface area contributed by atoms with E-state index in [0.717, 1.165) is 0 Å². The van der Waals surface area contributed by atoms with Crippen molar-refractivity contribution in [1.29, 1.82) is 5.41 Å². The lowest BCUT2D eigenvalue weighted by Crippen LogP contribution is -2.50. The molecule has 2 aromatic rings. The molecule has 30 heavy (non-hydrogen) atoms. The summed E-state index contributed by atoms with van der Waals surface area (Å²) in [7, 11) is 3.05. The minimum absolute atomic E-state index is 0.0953. The van der Waals surface area contributed by atoms with Crippen molar-refractivity contribution in [2.24, 2.45) is 0 Å². The molecule has 3 rings (SSSR count). The first-order chi connectivity index (χ1) is 14.4. The van der Waals surface area contributed by atoms with E-state index in [2.05, 4.69) is 15.6 Å². The summed E-state index contributed by atoms with van der Waals surface area (Å²) in [6.45, 7) is 0.389. The first-order valence-electron chi connectivity index (χ1n) is 9.25. The molecule has 1 aromatic carbocycles. The van der Waals surface area contributed by atoms with Crippen LogP contribution in [0.5, 0.6) is 5.75 Å². The smallest absolute Gasteiger partial charge is 0.274 e. The minimum Gasteiger partial charge on any atom is -0.616 e. The fraction of sp³-hybridized carbons (Fsp3) is 0.350. The Bertz CT molecular complexity index is 912. The van der Waals surface area contributed by atoms with Gasteiger partial charge in [-0.05, 0) is 41.5 Å². The van der Waals surface area contributed by atoms with Crippen molar-refractivity contribution >= 4 is 28.6 Å². The molecule has 1 fully saturated rings. The number of halogens is 1. The van der Waals surface area contributed by atoms with Crippen LogP contribution >= 0.6 is 0 Å². The third-order valence-electron chi connectivity index (χ3n) is 4.72. The zero-order valence-corrected chi connectivity index (χ0v) is 17.4. The highest BCUT2D eigenvalue weighted by molar-refractivity contribution is 7.92. The molecule has 1 aliphatic rings. The topological polar surface area (TPSA) is 119 Å². The summed E-state index contributed by atoms with van der Waals surface area (Å²) in [5, 5.41) is 13.3. The summed E-state index contributed by atoms with van der Waals surface area (Å²) in [5.74, 6) is -0.183. The Morgan fingerprint density at radius 2 is 2.20 bits per heavy atom. The average Bonchev–Trinajstić information content (AvgIpc) is 2.74. The van der Waals surface area contributed by atoms with Gasteiger partial charge in [0.15, 0.2) is 5.25 Å². The lowest BCUT2D eigenvalue weighted by molar-refractivity contribution is 0.102. The predicted octanol–water partition coefficient (Wildman–Crippen LogP) is 2.26. The van der Waals surface area contributed by atoms with Crippen molar-refractivity contribution in [2.75, 3.05) is 31.9 Å². The molecule has 0 aliphatic carbocycles. The number of amides is 1. The van der Waals surface area contributed by atoms with Crippen LogP contribution in [-0.4, -0.2) is 53.1 Å². The molecule has 3 atom stereocenters. The van der Waals surface area contributed by atoms with Crippen LogP contribution in [0.25, 0.3) is 0 Å². The van der Waals surface area contributed by atoms with Crippen molar-refractivity contribution in [2.45, 2.75) is 17.7 Å². The Hall–Kier alpha value is -2.69. The first kappa shape index (κ1) is 22.0. The van der Waals surface area contributed by atoms with Crippen molar-refractivity contribution in [3.63, 3.8) is 0 Å². The molecule has 0 bridgehead atoms. The van der Waals surface area contributed by atoms with Gasteiger partial charge in [-0.3, -0.25) is 10.2 Å². The van der Waals surface area contributed by atoms with Crippen molar-refractivity contribution in [3.8, 4) is 5.75 Å². The summed E-state index contributed by atoms with van der Waals surface area (Å²) in [6, 6.07) is 6.66. The molecule has 3 unspecified atom stereocenters. The summed E-state index contributed by atoms with van der Waals surface area (Å²) in [5.41, 5.74) is 0.787. The molecular formula is C20H23FN4O4S. The fourth-order valence-electron chi connectivity index (χ4n) is 3.12. The number of carbonyl (C=O) groups excluding carboxylic acids is 1. The number of anilines is 1. The third kappa shape index (κ3) is 5.07. The first-order valence-corrected chi connectivity index (χ1v) is 10.6. The number of nitrogens with zero attached hydrogens (tertiary/aromatic N) is 1. The van der Waals surface area contributed by atoms with Crippen molar-refractivity contribution in [3.05, 3.63) is 53.6 Å². The fourth-order valence-corrected chi connectivity index (χ4v) is 4.64. The maximum atomic E-state index is 14.5. The number of pyridine rings is 1. The number of aromatic nitrogens is 1. The van der Waals surface area contributed by atoms with Gasteiger partial charge in [0.1, 0.15) is 34.9 Å². The van der Waals surface area contributed by atoms with E-state index >= 15 is 0 Å². The normalized spacial score (nSPS) is 21.1. The molecule has 1 aliphatic heterocycles. The van der Waals surface area contributed by atoms with Crippen LogP contribution in [0.3, 0.4) is 0 Å². The predicted molar refractivity (Wildman–Crippen MR) is 112 cm³/mol. The van der Waals surface area contributed by atoms with Gasteiger partial charge in [-0.15, -0.1) is 0 Å². The molecule has 0 spiro atoms. The van der Waals surface area contributed by atoms with Gasteiger partial charge in [0.2, 0.25) is 0 Å². The maximum absolute atomic E-state index is 14.5. The van der Waals surface area contributed by atoms with E-state index in [9.17, 15) is 13.7 Å². The molecule has 2 heterocycles. The highest BCUT2D eigenvalue weighted by atomic mass is 32.2. The molecule has 3 N–H and O–H groups in total. The standard InChI is InChI=1S/C20H23FN4O4S/c1-28-8-7-18-19(22)25-17(11-30(18)27)14-9-12(3-5-15(14)21)24-20(26)16-6-4-13(29-2)10-23-16/h3-6,9-10,17-18H,7-8,11H2,1-2H3,(H2,22,25)(H,24,26). The molecule has 1 saturated heterocycles. The number of benzene rings is 1. The van der Waals surface area contributed by atoms with E-state index < -0.39 is 34.2 Å². The number of rotatable bonds is 7. The summed E-state index contributed by atoms with van der Waals surface area (Å²) >= 11 is -1.34. The summed E-state index contributed by atoms with van der Waals surface area (Å²) < 4.78 is 37.1. The molecule has 0 saturated carbocycles. The Kier molecular flexibility index (Phi) is 7.24. The maximum Gasteiger partial charge on any atom is 0.274 e. The second-order valence-corrected chi connectivity index (χ2v) is 8.37. The van der Waals surface area contributed by atoms with Gasteiger partial charge < -0.3 is 24.7 Å². The molecular weight excluding hydrogens is 411 g/mol. The number of nitrogens with one attached hydrogen (secondary N) is 3. The van der Waals surface area contributed by atoms with Crippen LogP contribution in [0.15, 0.2) is 36.5 Å². The Morgan fingerprint density at radius 1 is 1.40 bits per heavy atom. The van der Waals surface area contributed by atoms with E-state index in [-0.39, 0.29) is 22.8 Å². The lowest BCUT2D eigenvalue weighted by Gasteiger charge is -2.33. The third-order valence-corrected chi connectivity index (χ3v) is 6.49. The average molecular weight is 434 g/mol. The molecule has 160 valence electrons. The zero-order valence-electron chi connectivity index (χ0n) is 16.6. The molecule has 0 radical (unpaired) electrons. The monoisotopic (exact) mass is 434 g/mol. The lowest BCUT2D eigenvalue weighted by atomic mass is 10.1. The van der Waals surface area contributed by atoms with E-state index in [1.54, 1.807) is 13.2 Å². The van der Waals surface area contributed by atoms with Crippen LogP contribution in [0.4, 0.5) is 10.1 Å². The van der Waals surface area contributed by atoms with Crippen LogP contribution in [0, 0.1) is 11.2 Å². The SMILES string of the molecule is COCCC1C(=N)NC(c2cc(NC(=O)c3ccc(OC)cn3)ccc2F)C[S+]1[O-]. The minimum atomic E-state index is -1.34. The van der Waals surface area contributed by atoms with Gasteiger partial charge in [-0.2, -0.15) is 0 Å². The van der Waals surface area contributed by atoms with Crippen LogP contribution in [0.1, 0.15) is 28.5 Å². The summed E-state index contributed by atoms with van der Waals surface area (Å²) in [6.07, 6.45) is 1.88. The highest BCUT2D eigenvalue weighted by Gasteiger charge is 2.37. The Labute approximate surface area is 176 Å². The molecule has 10 heteroatoms. The van der Waals surface area contributed by atoms with E-state index in [1.807, 2.05) is 0 Å². The van der Waals surface area contributed by atoms with Crippen molar-refractivity contribution < 1.29 is 23.2 Å². The number of hydrogen-bond acceptors (Lipinski definition) is 6. The zero-order chi connectivity index (χ0) is 21.7. The molecule has 1 amide bonds. The number of carbonyl (C=O) groups is 1. The van der Waals surface area contributed by atoms with Crippen molar-refractivity contribution in [1.82, 2.24) is 10.3 Å². The number of hydrogen-bond donors (Lipinski definition) is 3. The second-order valence-electron chi connectivity index (χ2n) is 6.70. The highest BCUT2D eigenvalue weighted by Crippen LogP contribution is 2.28. The number of methoxy groups -OCH3 is 2. The van der Waals surface area contributed by atoms with E-state index in [0.29, 0.717) is 24.5 Å². The van der Waals surface area contributed by atoms with Gasteiger partial charge in [0.25, 0.3) is 5.91 Å². The second kappa shape index (κ2) is 9.88. The Balaban J connectivity index is 1.73. The number of amidine groups is 1. The molecule has 1 aromatic heterocycles. The summed E-state index contributed by atoms with van der Waals surface area (Å²) in [4.78, 5) is 16.4.